The summed E-state index contributed by atoms with van der Waals surface area (Å²) < 4.78 is 0. The molecular weight excluding hydrogens is 138 g/mol. The van der Waals surface area contributed by atoms with Crippen molar-refractivity contribution in [3.63, 3.8) is 0 Å². The lowest BCUT2D eigenvalue weighted by Gasteiger charge is -2.19. The zero-order valence-electron chi connectivity index (χ0n) is 7.59. The molecule has 1 unspecified atom stereocenters. The Labute approximate surface area is 69.0 Å². The van der Waals surface area contributed by atoms with Crippen molar-refractivity contribution in [3.05, 3.63) is 0 Å². The lowest BCUT2D eigenvalue weighted by atomic mass is 10.3. The zero-order valence-corrected chi connectivity index (χ0v) is 7.59. The summed E-state index contributed by atoms with van der Waals surface area (Å²) in [5.74, 6) is 0. The van der Waals surface area contributed by atoms with Gasteiger partial charge in [0.05, 0.1) is 6.07 Å². The van der Waals surface area contributed by atoms with Crippen LogP contribution in [0.4, 0.5) is 0 Å². The van der Waals surface area contributed by atoms with E-state index in [1.807, 2.05) is 0 Å². The number of likely N-dealkylation sites (N-methyl/N-ethyl adjacent to an activating group) is 1. The Bertz CT molecular complexity index is 126. The number of hydrogen-bond donors (Lipinski definition) is 1. The molecule has 0 aromatic carbocycles. The number of hydrogen-bond acceptors (Lipinski definition) is 3. The molecule has 0 bridgehead atoms. The van der Waals surface area contributed by atoms with Crippen LogP contribution in [0.5, 0.6) is 0 Å². The number of nitrogens with one attached hydrogen (secondary N) is 1. The Morgan fingerprint density at radius 1 is 1.55 bits per heavy atom. The van der Waals surface area contributed by atoms with Crippen LogP contribution in [0.1, 0.15) is 13.3 Å². The third-order valence-corrected chi connectivity index (χ3v) is 1.73. The maximum Gasteiger partial charge on any atom is 0.0635 e. The monoisotopic (exact) mass is 155 g/mol. The Hall–Kier alpha value is -0.590. The van der Waals surface area contributed by atoms with E-state index >= 15 is 0 Å². The van der Waals surface area contributed by atoms with Crippen LogP contribution in [0.15, 0.2) is 0 Å². The van der Waals surface area contributed by atoms with Crippen molar-refractivity contribution in [1.82, 2.24) is 10.2 Å². The van der Waals surface area contributed by atoms with Crippen molar-refractivity contribution in [2.45, 2.75) is 19.4 Å². The lowest BCUT2D eigenvalue weighted by molar-refractivity contribution is 0.304. The summed E-state index contributed by atoms with van der Waals surface area (Å²) in [6, 6.07) is 2.63. The highest BCUT2D eigenvalue weighted by atomic mass is 15.1. The van der Waals surface area contributed by atoms with E-state index in [-0.39, 0.29) is 0 Å². The van der Waals surface area contributed by atoms with Gasteiger partial charge in [-0.25, -0.2) is 0 Å². The van der Waals surface area contributed by atoms with Crippen LogP contribution in [0.3, 0.4) is 0 Å². The fourth-order valence-electron chi connectivity index (χ4n) is 0.638. The van der Waals surface area contributed by atoms with E-state index in [9.17, 15) is 0 Å². The van der Waals surface area contributed by atoms with E-state index in [2.05, 4.69) is 37.3 Å². The zero-order chi connectivity index (χ0) is 8.69. The molecule has 0 fully saturated rings. The van der Waals surface area contributed by atoms with Crippen LogP contribution in [-0.4, -0.2) is 38.1 Å². The van der Waals surface area contributed by atoms with Crippen molar-refractivity contribution in [1.29, 1.82) is 5.26 Å². The molecule has 0 aromatic heterocycles. The van der Waals surface area contributed by atoms with Crippen LogP contribution >= 0.6 is 0 Å². The molecule has 64 valence electrons. The maximum atomic E-state index is 8.24. The number of nitriles is 1. The average molecular weight is 155 g/mol. The molecule has 0 aliphatic heterocycles. The van der Waals surface area contributed by atoms with Gasteiger partial charge in [-0.05, 0) is 21.0 Å². The van der Waals surface area contributed by atoms with Crippen molar-refractivity contribution in [3.8, 4) is 6.07 Å². The standard InChI is InChI=1S/C8H17N3/c1-8(11(2)3)7-10-6-4-5-9/h8,10H,4,6-7H2,1-3H3. The normalized spacial score (nSPS) is 13.0. The predicted octanol–water partition coefficient (Wildman–Crippen LogP) is 0.440. The summed E-state index contributed by atoms with van der Waals surface area (Å²) >= 11 is 0. The first-order valence-corrected chi connectivity index (χ1v) is 3.92. The molecule has 0 aliphatic carbocycles. The third-order valence-electron chi connectivity index (χ3n) is 1.73. The van der Waals surface area contributed by atoms with Crippen LogP contribution in [-0.2, 0) is 0 Å². The summed E-state index contributed by atoms with van der Waals surface area (Å²) in [7, 11) is 4.10. The van der Waals surface area contributed by atoms with E-state index in [1.165, 1.54) is 0 Å². The summed E-state index contributed by atoms with van der Waals surface area (Å²) in [6.45, 7) is 3.91. The minimum atomic E-state index is 0.536. The van der Waals surface area contributed by atoms with Crippen LogP contribution < -0.4 is 5.32 Å². The van der Waals surface area contributed by atoms with Gasteiger partial charge in [-0.2, -0.15) is 5.26 Å². The van der Waals surface area contributed by atoms with Gasteiger partial charge in [0.2, 0.25) is 0 Å². The number of rotatable bonds is 5. The quantitative estimate of drug-likeness (QED) is 0.585. The van der Waals surface area contributed by atoms with Gasteiger partial charge in [0.15, 0.2) is 0 Å². The topological polar surface area (TPSA) is 39.1 Å². The van der Waals surface area contributed by atoms with E-state index < -0.39 is 0 Å². The van der Waals surface area contributed by atoms with Crippen molar-refractivity contribution >= 4 is 0 Å². The van der Waals surface area contributed by atoms with Crippen LogP contribution in [0, 0.1) is 11.3 Å². The van der Waals surface area contributed by atoms with Gasteiger partial charge in [0.1, 0.15) is 0 Å². The highest BCUT2D eigenvalue weighted by molar-refractivity contribution is 4.71. The SMILES string of the molecule is CC(CNCCC#N)N(C)C. The van der Waals surface area contributed by atoms with E-state index in [1.54, 1.807) is 0 Å². The largest absolute Gasteiger partial charge is 0.314 e. The van der Waals surface area contributed by atoms with E-state index in [0.29, 0.717) is 12.5 Å². The first-order chi connectivity index (χ1) is 5.18. The Balaban J connectivity index is 3.19. The molecule has 0 saturated carbocycles. The van der Waals surface area contributed by atoms with Gasteiger partial charge in [0.25, 0.3) is 0 Å². The average Bonchev–Trinajstić information content (AvgIpc) is 1.97. The molecule has 0 radical (unpaired) electrons. The molecule has 1 atom stereocenters. The highest BCUT2D eigenvalue weighted by Gasteiger charge is 2.01. The highest BCUT2D eigenvalue weighted by Crippen LogP contribution is 1.87. The number of nitrogens with zero attached hydrogens (tertiary/aromatic N) is 2. The van der Waals surface area contributed by atoms with Crippen LogP contribution in [0.2, 0.25) is 0 Å². The van der Waals surface area contributed by atoms with Crippen LogP contribution in [0.25, 0.3) is 0 Å². The first-order valence-electron chi connectivity index (χ1n) is 3.92. The molecule has 0 aliphatic rings. The molecule has 0 aromatic rings. The Morgan fingerprint density at radius 3 is 2.64 bits per heavy atom. The van der Waals surface area contributed by atoms with Crippen molar-refractivity contribution in [2.75, 3.05) is 27.2 Å². The molecular formula is C8H17N3. The van der Waals surface area contributed by atoms with Gasteiger partial charge in [-0.1, -0.05) is 0 Å². The minimum Gasteiger partial charge on any atom is -0.314 e. The molecule has 11 heavy (non-hydrogen) atoms. The summed E-state index contributed by atoms with van der Waals surface area (Å²) in [4.78, 5) is 2.15. The molecule has 1 N–H and O–H groups in total. The minimum absolute atomic E-state index is 0.536. The molecule has 0 saturated heterocycles. The third kappa shape index (κ3) is 5.84. The molecule has 0 heterocycles. The van der Waals surface area contributed by atoms with Gasteiger partial charge >= 0.3 is 0 Å². The fraction of sp³-hybridized carbons (Fsp3) is 0.875. The smallest absolute Gasteiger partial charge is 0.0635 e. The Morgan fingerprint density at radius 2 is 2.18 bits per heavy atom. The van der Waals surface area contributed by atoms with Gasteiger partial charge in [0, 0.05) is 25.6 Å². The van der Waals surface area contributed by atoms with Gasteiger partial charge in [-0.3, -0.25) is 0 Å². The first kappa shape index (κ1) is 10.4. The molecule has 3 heteroatoms. The lowest BCUT2D eigenvalue weighted by Crippen LogP contribution is -2.35. The Kier molecular flexibility index (Phi) is 5.81. The van der Waals surface area contributed by atoms with E-state index in [0.717, 1.165) is 13.1 Å². The summed E-state index contributed by atoms with van der Waals surface area (Å²) in [6.07, 6.45) is 0.597. The van der Waals surface area contributed by atoms with Crippen molar-refractivity contribution in [2.24, 2.45) is 0 Å². The molecule has 3 nitrogen and oxygen atoms in total. The molecule has 0 rings (SSSR count). The van der Waals surface area contributed by atoms with Gasteiger partial charge < -0.3 is 10.2 Å². The molecule has 0 amide bonds. The maximum absolute atomic E-state index is 8.24. The second-order valence-corrected chi connectivity index (χ2v) is 2.92. The summed E-state index contributed by atoms with van der Waals surface area (Å²) in [5, 5.41) is 11.4. The van der Waals surface area contributed by atoms with Crippen molar-refractivity contribution < 1.29 is 0 Å². The van der Waals surface area contributed by atoms with Gasteiger partial charge in [-0.15, -0.1) is 0 Å². The second kappa shape index (κ2) is 6.14. The fourth-order valence-corrected chi connectivity index (χ4v) is 0.638. The second-order valence-electron chi connectivity index (χ2n) is 2.92. The van der Waals surface area contributed by atoms with E-state index in [4.69, 9.17) is 5.26 Å². The predicted molar refractivity (Wildman–Crippen MR) is 46.2 cm³/mol. The molecule has 0 spiro atoms. The summed E-state index contributed by atoms with van der Waals surface area (Å²) in [5.41, 5.74) is 0.